The molecular formula is C38H27Br2F3K2N2O7. The van der Waals surface area contributed by atoms with Crippen LogP contribution in [0.1, 0.15) is 2.80 Å². The molecule has 6 aromatic carbocycles. The maximum absolute atomic E-state index is 14.5. The minimum Gasteiger partial charge on any atom is -1.00 e. The van der Waals surface area contributed by atoms with Gasteiger partial charge in [0, 0.05) is 8.95 Å². The van der Waals surface area contributed by atoms with Gasteiger partial charge in [0.15, 0.2) is 34.6 Å². The Balaban J connectivity index is 0.000000318. The minimum atomic E-state index is -1.00. The molecule has 268 valence electrons. The Hall–Kier alpha value is -2.43. The Labute approximate surface area is 413 Å². The van der Waals surface area contributed by atoms with Gasteiger partial charge in [-0.15, -0.1) is 0 Å². The third-order valence-electron chi connectivity index (χ3n) is 7.37. The quantitative estimate of drug-likeness (QED) is 0.111. The van der Waals surface area contributed by atoms with Crippen molar-refractivity contribution in [3.63, 3.8) is 0 Å². The van der Waals surface area contributed by atoms with Crippen LogP contribution < -0.4 is 127 Å². The predicted molar refractivity (Wildman–Crippen MR) is 196 cm³/mol. The molecule has 2 heterocycles. The van der Waals surface area contributed by atoms with Crippen molar-refractivity contribution in [1.29, 1.82) is 0 Å². The van der Waals surface area contributed by atoms with E-state index in [-0.39, 0.29) is 138 Å². The fraction of sp³-hybridized carbons (Fsp3) is 0.0263. The van der Waals surface area contributed by atoms with Gasteiger partial charge in [-0.1, -0.05) is 80.4 Å². The zero-order valence-electron chi connectivity index (χ0n) is 30.6. The third-order valence-corrected chi connectivity index (χ3v) is 8.29. The topological polar surface area (TPSA) is 115 Å². The van der Waals surface area contributed by atoms with E-state index in [4.69, 9.17) is 20.9 Å². The van der Waals surface area contributed by atoms with Gasteiger partial charge < -0.3 is 31.3 Å². The second kappa shape index (κ2) is 21.8. The molecule has 2 N–H and O–H groups in total. The van der Waals surface area contributed by atoms with E-state index in [1.165, 1.54) is 24.3 Å². The van der Waals surface area contributed by atoms with Crippen LogP contribution in [0.2, 0.25) is 0 Å². The molecule has 16 heteroatoms. The van der Waals surface area contributed by atoms with Crippen molar-refractivity contribution in [3.8, 4) is 34.5 Å². The molecule has 0 saturated heterocycles. The Bertz CT molecular complexity index is 2110. The second-order valence-corrected chi connectivity index (χ2v) is 12.3. The van der Waals surface area contributed by atoms with Gasteiger partial charge in [0.1, 0.15) is 22.9 Å². The molecule has 0 fully saturated rings. The molecule has 0 atom stereocenters. The first-order valence-corrected chi connectivity index (χ1v) is 16.5. The SMILES string of the molecule is Brc1cc2c3c(c1)Oc1ccccc1N3c1ccccc1O2.O=CO[O-].Oc1ccccc1N(c1ccccc1O)c1c(F)cc(Br)cc1F.[2H]CF.[H-].[K+].[K+]. The average molecular weight is 920 g/mol. The summed E-state index contributed by atoms with van der Waals surface area (Å²) in [5, 5.41) is 28.7. The number of fused-ring (bicyclic) bond motifs is 4. The van der Waals surface area contributed by atoms with Crippen LogP contribution in [-0.2, 0) is 9.68 Å². The van der Waals surface area contributed by atoms with E-state index >= 15 is 0 Å². The van der Waals surface area contributed by atoms with Crippen LogP contribution in [0.5, 0.6) is 34.5 Å². The van der Waals surface area contributed by atoms with Crippen molar-refractivity contribution in [3.05, 3.63) is 142 Å². The number of hydrogen-bond acceptors (Lipinski definition) is 9. The van der Waals surface area contributed by atoms with Gasteiger partial charge in [0.25, 0.3) is 6.47 Å². The van der Waals surface area contributed by atoms with E-state index in [1.807, 2.05) is 48.5 Å². The molecule has 0 aromatic heterocycles. The van der Waals surface area contributed by atoms with E-state index in [1.54, 1.807) is 24.3 Å². The average Bonchev–Trinajstić information content (AvgIpc) is 3.14. The predicted octanol–water partition coefficient (Wildman–Crippen LogP) is 4.88. The number of aromatic hydroxyl groups is 2. The number of carbonyl (C=O) groups excluding carboxylic acids is 1. The zero-order valence-corrected chi connectivity index (χ0v) is 38.0. The number of ether oxygens (including phenoxy) is 2. The summed E-state index contributed by atoms with van der Waals surface area (Å²) in [6, 6.07) is 34.5. The molecule has 2 aliphatic heterocycles. The molecule has 6 aromatic rings. The number of benzene rings is 6. The molecule has 0 aliphatic carbocycles. The van der Waals surface area contributed by atoms with Gasteiger partial charge in [0.05, 0.1) is 31.3 Å². The minimum absolute atomic E-state index is 0. The molecule has 0 bridgehead atoms. The van der Waals surface area contributed by atoms with Gasteiger partial charge in [-0.25, -0.2) is 8.78 Å². The second-order valence-electron chi connectivity index (χ2n) is 10.4. The molecule has 8 rings (SSSR count). The number of rotatable bonds is 4. The van der Waals surface area contributed by atoms with Gasteiger partial charge in [-0.05, 0) is 72.8 Å². The van der Waals surface area contributed by atoms with E-state index in [0.717, 1.165) is 61.6 Å². The molecule has 0 saturated carbocycles. The summed E-state index contributed by atoms with van der Waals surface area (Å²) >= 11 is 6.57. The van der Waals surface area contributed by atoms with Crippen LogP contribution in [0.15, 0.2) is 130 Å². The molecule has 54 heavy (non-hydrogen) atoms. The number of hydrogen-bond donors (Lipinski definition) is 2. The van der Waals surface area contributed by atoms with Gasteiger partial charge >= 0.3 is 103 Å². The molecule has 0 radical (unpaired) electrons. The van der Waals surface area contributed by atoms with E-state index in [9.17, 15) is 23.4 Å². The van der Waals surface area contributed by atoms with Gasteiger partial charge in [-0.2, -0.15) is 0 Å². The Morgan fingerprint density at radius 1 is 0.741 bits per heavy atom. The van der Waals surface area contributed by atoms with Crippen LogP contribution in [0.3, 0.4) is 0 Å². The van der Waals surface area contributed by atoms with Crippen molar-refractivity contribution >= 4 is 72.5 Å². The van der Waals surface area contributed by atoms with Crippen LogP contribution in [-0.4, -0.2) is 23.8 Å². The number of phenolic OH excluding ortho intramolecular Hbond substituents is 2. The monoisotopic (exact) mass is 917 g/mol. The number of anilines is 6. The maximum atomic E-state index is 14.5. The number of carbonyl (C=O) groups is 1. The van der Waals surface area contributed by atoms with Crippen LogP contribution in [0, 0.1) is 11.6 Å². The van der Waals surface area contributed by atoms with Crippen LogP contribution >= 0.6 is 31.9 Å². The summed E-state index contributed by atoms with van der Waals surface area (Å²) in [4.78, 5) is 14.6. The first-order valence-electron chi connectivity index (χ1n) is 15.6. The first kappa shape index (κ1) is 44.3. The molecule has 9 nitrogen and oxygen atoms in total. The Morgan fingerprint density at radius 3 is 1.52 bits per heavy atom. The maximum Gasteiger partial charge on any atom is 1.00 e. The third kappa shape index (κ3) is 10.3. The molecular weight excluding hydrogens is 891 g/mol. The summed E-state index contributed by atoms with van der Waals surface area (Å²) in [5.41, 5.74) is 2.86. The van der Waals surface area contributed by atoms with Gasteiger partial charge in [0.2, 0.25) is 0 Å². The number of halogens is 5. The fourth-order valence-corrected chi connectivity index (χ4v) is 6.23. The number of para-hydroxylation sites is 8. The molecule has 0 spiro atoms. The van der Waals surface area contributed by atoms with E-state index < -0.39 is 24.5 Å². The summed E-state index contributed by atoms with van der Waals surface area (Å²) < 4.78 is 57.9. The summed E-state index contributed by atoms with van der Waals surface area (Å²) in [7, 11) is -1.00. The number of nitrogens with zero attached hydrogens (tertiary/aromatic N) is 2. The summed E-state index contributed by atoms with van der Waals surface area (Å²) in [6.07, 6.45) is 0. The number of phenols is 2. The Morgan fingerprint density at radius 2 is 1.11 bits per heavy atom. The van der Waals surface area contributed by atoms with Crippen molar-refractivity contribution in [2.45, 2.75) is 0 Å². The first-order chi connectivity index (χ1) is 25.6. The standard InChI is InChI=1S/C18H12BrF2NO2.C18H10BrNO2.CH3F.CH2O3.2K.H/c19-11-9-12(20)18(13(21)10-11)22(14-5-1-3-7-16(14)23)15-6-2-4-8-17(15)24;19-11-9-16-18-17(10-11)22-15-8-4-2-6-13(15)20(18)12-5-1-3-7-14(12)21-16;1-2;2-1-4-3;;;/h1-10,23-24H;1-10H;1H3;1,3H;;;/q;;;;2*+1;-1/p-1/i;;1D;;;;. The van der Waals surface area contributed by atoms with Crippen LogP contribution in [0.4, 0.5) is 47.3 Å². The largest absolute Gasteiger partial charge is 1.00 e. The Kier molecular flexibility index (Phi) is 17.8. The fourth-order valence-electron chi connectivity index (χ4n) is 5.42. The van der Waals surface area contributed by atoms with Crippen molar-refractivity contribution in [2.75, 3.05) is 17.0 Å². The normalized spacial score (nSPS) is 10.9. The van der Waals surface area contributed by atoms with Gasteiger partial charge in [-0.3, -0.25) is 19.0 Å². The van der Waals surface area contributed by atoms with Crippen LogP contribution in [0.25, 0.3) is 0 Å². The summed E-state index contributed by atoms with van der Waals surface area (Å²) in [6.45, 7) is -0.181. The number of alkyl halides is 1. The smallest absolute Gasteiger partial charge is 1.00 e. The van der Waals surface area contributed by atoms with E-state index in [2.05, 4.69) is 53.8 Å². The van der Waals surface area contributed by atoms with E-state index in [0.29, 0.717) is 0 Å². The molecule has 0 amide bonds. The van der Waals surface area contributed by atoms with Crippen molar-refractivity contribution in [1.82, 2.24) is 0 Å². The van der Waals surface area contributed by atoms with Crippen molar-refractivity contribution in [2.24, 2.45) is 0 Å². The molecule has 2 aliphatic rings. The summed E-state index contributed by atoms with van der Waals surface area (Å²) in [5.74, 6) is 1.23. The van der Waals surface area contributed by atoms with Crippen molar-refractivity contribution < 1.29 is 153 Å². The zero-order chi connectivity index (χ0) is 38.1. The molecule has 0 unspecified atom stereocenters.